The van der Waals surface area contributed by atoms with E-state index >= 15 is 0 Å². The Labute approximate surface area is 184 Å². The smallest absolute Gasteiger partial charge is 0.243 e. The van der Waals surface area contributed by atoms with E-state index in [9.17, 15) is 4.79 Å². The van der Waals surface area contributed by atoms with Crippen LogP contribution in [-0.2, 0) is 11.3 Å². The second-order valence-corrected chi connectivity index (χ2v) is 6.77. The van der Waals surface area contributed by atoms with Crippen molar-refractivity contribution in [3.63, 3.8) is 0 Å². The number of carbonyl (C=O) groups is 1. The Morgan fingerprint density at radius 2 is 1.96 bits per heavy atom. The molecular formula is C18H21BrClIN4O. The lowest BCUT2D eigenvalue weighted by molar-refractivity contribution is -0.115. The monoisotopic (exact) mass is 550 g/mol. The first-order valence-corrected chi connectivity index (χ1v) is 8.90. The molecule has 5 nitrogen and oxygen atoms in total. The molecule has 0 fully saturated rings. The molecule has 140 valence electrons. The molecule has 0 aliphatic heterocycles. The number of nitrogens with zero attached hydrogens (tertiary/aromatic N) is 1. The first-order valence-electron chi connectivity index (χ1n) is 7.73. The summed E-state index contributed by atoms with van der Waals surface area (Å²) in [6.07, 6.45) is 0. The predicted molar refractivity (Wildman–Crippen MR) is 123 cm³/mol. The SMILES string of the molecule is CN=C(NCC(=O)Nc1cc(Br)ccc1C)NCc1cccc(Cl)c1.I. The Kier molecular flexibility index (Phi) is 9.97. The van der Waals surface area contributed by atoms with Gasteiger partial charge in [-0.3, -0.25) is 9.79 Å². The van der Waals surface area contributed by atoms with Crippen LogP contribution in [0.3, 0.4) is 0 Å². The van der Waals surface area contributed by atoms with Gasteiger partial charge in [0.15, 0.2) is 5.96 Å². The maximum atomic E-state index is 12.1. The second-order valence-electron chi connectivity index (χ2n) is 5.42. The average Bonchev–Trinajstić information content (AvgIpc) is 2.58. The molecule has 3 N–H and O–H groups in total. The lowest BCUT2D eigenvalue weighted by atomic mass is 10.2. The summed E-state index contributed by atoms with van der Waals surface area (Å²) < 4.78 is 0.917. The van der Waals surface area contributed by atoms with Gasteiger partial charge in [0.2, 0.25) is 5.91 Å². The highest BCUT2D eigenvalue weighted by Crippen LogP contribution is 2.20. The minimum atomic E-state index is -0.146. The zero-order chi connectivity index (χ0) is 18.2. The zero-order valence-corrected chi connectivity index (χ0v) is 19.1. The van der Waals surface area contributed by atoms with E-state index in [1.807, 2.05) is 49.4 Å². The third kappa shape index (κ3) is 7.51. The van der Waals surface area contributed by atoms with E-state index < -0.39 is 0 Å². The van der Waals surface area contributed by atoms with Crippen molar-refractivity contribution in [3.8, 4) is 0 Å². The van der Waals surface area contributed by atoms with Gasteiger partial charge < -0.3 is 16.0 Å². The van der Waals surface area contributed by atoms with Crippen LogP contribution in [0.2, 0.25) is 5.02 Å². The Balaban J connectivity index is 0.00000338. The molecule has 0 aliphatic carbocycles. The molecule has 0 radical (unpaired) electrons. The van der Waals surface area contributed by atoms with Crippen molar-refractivity contribution < 1.29 is 4.79 Å². The normalized spacial score (nSPS) is 10.7. The van der Waals surface area contributed by atoms with E-state index in [-0.39, 0.29) is 36.4 Å². The molecule has 0 unspecified atom stereocenters. The van der Waals surface area contributed by atoms with Gasteiger partial charge in [0.1, 0.15) is 0 Å². The summed E-state index contributed by atoms with van der Waals surface area (Å²) in [5.74, 6) is 0.396. The molecule has 0 saturated carbocycles. The maximum absolute atomic E-state index is 12.1. The van der Waals surface area contributed by atoms with Crippen LogP contribution >= 0.6 is 51.5 Å². The molecule has 0 spiro atoms. The summed E-state index contributed by atoms with van der Waals surface area (Å²) in [5, 5.41) is 9.70. The van der Waals surface area contributed by atoms with Crippen molar-refractivity contribution in [2.24, 2.45) is 4.99 Å². The molecule has 1 amide bonds. The van der Waals surface area contributed by atoms with Gasteiger partial charge in [-0.05, 0) is 42.3 Å². The fourth-order valence-electron chi connectivity index (χ4n) is 2.14. The van der Waals surface area contributed by atoms with Gasteiger partial charge in [-0.25, -0.2) is 0 Å². The topological polar surface area (TPSA) is 65.5 Å². The molecule has 0 heterocycles. The second kappa shape index (κ2) is 11.4. The third-order valence-corrected chi connectivity index (χ3v) is 4.19. The van der Waals surface area contributed by atoms with E-state index in [4.69, 9.17) is 11.6 Å². The summed E-state index contributed by atoms with van der Waals surface area (Å²) in [7, 11) is 1.66. The van der Waals surface area contributed by atoms with Crippen LogP contribution in [0.5, 0.6) is 0 Å². The molecule has 2 aromatic rings. The van der Waals surface area contributed by atoms with Crippen LogP contribution in [0, 0.1) is 6.92 Å². The van der Waals surface area contributed by atoms with Crippen LogP contribution in [-0.4, -0.2) is 25.5 Å². The molecule has 2 aromatic carbocycles. The number of aryl methyl sites for hydroxylation is 1. The highest BCUT2D eigenvalue weighted by molar-refractivity contribution is 14.0. The first kappa shape index (κ1) is 22.7. The maximum Gasteiger partial charge on any atom is 0.243 e. The highest BCUT2D eigenvalue weighted by atomic mass is 127. The molecular weight excluding hydrogens is 530 g/mol. The largest absolute Gasteiger partial charge is 0.352 e. The predicted octanol–water partition coefficient (Wildman–Crippen LogP) is 4.33. The van der Waals surface area contributed by atoms with E-state index in [0.717, 1.165) is 21.3 Å². The highest BCUT2D eigenvalue weighted by Gasteiger charge is 2.07. The molecule has 0 bridgehead atoms. The van der Waals surface area contributed by atoms with Gasteiger partial charge in [-0.2, -0.15) is 0 Å². The summed E-state index contributed by atoms with van der Waals surface area (Å²) in [6, 6.07) is 13.3. The quantitative estimate of drug-likeness (QED) is 0.295. The number of benzene rings is 2. The molecule has 8 heteroatoms. The standard InChI is InChI=1S/C18H20BrClN4O.HI/c1-12-6-7-14(19)9-16(12)24-17(25)11-23-18(21-2)22-10-13-4-3-5-15(20)8-13;/h3-9H,10-11H2,1-2H3,(H,24,25)(H2,21,22,23);1H. The van der Waals surface area contributed by atoms with Crippen LogP contribution in [0.1, 0.15) is 11.1 Å². The number of anilines is 1. The van der Waals surface area contributed by atoms with Gasteiger partial charge in [-0.15, -0.1) is 24.0 Å². The molecule has 0 atom stereocenters. The number of amides is 1. The van der Waals surface area contributed by atoms with Gasteiger partial charge in [0.25, 0.3) is 0 Å². The van der Waals surface area contributed by atoms with E-state index in [0.29, 0.717) is 17.5 Å². The minimum absolute atomic E-state index is 0. The van der Waals surface area contributed by atoms with Gasteiger partial charge in [0.05, 0.1) is 6.54 Å². The Morgan fingerprint density at radius 3 is 2.65 bits per heavy atom. The third-order valence-electron chi connectivity index (χ3n) is 3.46. The number of carbonyl (C=O) groups excluding carboxylic acids is 1. The number of guanidine groups is 1. The van der Waals surface area contributed by atoms with E-state index in [1.54, 1.807) is 7.05 Å². The lowest BCUT2D eigenvalue weighted by Gasteiger charge is -2.13. The number of halogens is 3. The van der Waals surface area contributed by atoms with Crippen LogP contribution in [0.4, 0.5) is 5.69 Å². The van der Waals surface area contributed by atoms with Crippen LogP contribution in [0.15, 0.2) is 51.9 Å². The van der Waals surface area contributed by atoms with Crippen LogP contribution in [0.25, 0.3) is 0 Å². The van der Waals surface area contributed by atoms with Crippen molar-refractivity contribution in [2.75, 3.05) is 18.9 Å². The number of aliphatic imine (C=N–C) groups is 1. The summed E-state index contributed by atoms with van der Waals surface area (Å²) >= 11 is 9.37. The first-order chi connectivity index (χ1) is 12.0. The van der Waals surface area contributed by atoms with Gasteiger partial charge in [-0.1, -0.05) is 45.7 Å². The van der Waals surface area contributed by atoms with Crippen LogP contribution < -0.4 is 16.0 Å². The molecule has 2 rings (SSSR count). The number of hydrogen-bond donors (Lipinski definition) is 3. The lowest BCUT2D eigenvalue weighted by Crippen LogP contribution is -2.41. The average molecular weight is 552 g/mol. The van der Waals surface area contributed by atoms with E-state index in [1.165, 1.54) is 0 Å². The summed E-state index contributed by atoms with van der Waals surface area (Å²) in [4.78, 5) is 16.2. The Hall–Kier alpha value is -1.32. The molecule has 0 aliphatic rings. The van der Waals surface area contributed by atoms with Gasteiger partial charge >= 0.3 is 0 Å². The Bertz CT molecular complexity index is 786. The Morgan fingerprint density at radius 1 is 1.19 bits per heavy atom. The van der Waals surface area contributed by atoms with Crippen molar-refractivity contribution in [1.29, 1.82) is 0 Å². The fourth-order valence-corrected chi connectivity index (χ4v) is 2.71. The molecule has 26 heavy (non-hydrogen) atoms. The number of rotatable bonds is 5. The number of nitrogens with one attached hydrogen (secondary N) is 3. The van der Waals surface area contributed by atoms with Crippen molar-refractivity contribution in [1.82, 2.24) is 10.6 Å². The van der Waals surface area contributed by atoms with Crippen molar-refractivity contribution in [2.45, 2.75) is 13.5 Å². The fraction of sp³-hybridized carbons (Fsp3) is 0.222. The minimum Gasteiger partial charge on any atom is -0.352 e. The molecule has 0 saturated heterocycles. The molecule has 0 aromatic heterocycles. The van der Waals surface area contributed by atoms with Crippen molar-refractivity contribution >= 4 is 69.1 Å². The summed E-state index contributed by atoms with van der Waals surface area (Å²) in [6.45, 7) is 2.62. The zero-order valence-electron chi connectivity index (χ0n) is 14.5. The van der Waals surface area contributed by atoms with Crippen molar-refractivity contribution in [3.05, 3.63) is 63.1 Å². The van der Waals surface area contributed by atoms with Gasteiger partial charge in [0, 0.05) is 28.8 Å². The van der Waals surface area contributed by atoms with E-state index in [2.05, 4.69) is 36.9 Å². The summed E-state index contributed by atoms with van der Waals surface area (Å²) in [5.41, 5.74) is 2.81. The number of hydrogen-bond acceptors (Lipinski definition) is 2.